The Labute approximate surface area is 156 Å². The van der Waals surface area contributed by atoms with Crippen LogP contribution in [0.2, 0.25) is 10.0 Å². The van der Waals surface area contributed by atoms with Crippen molar-refractivity contribution in [2.75, 3.05) is 13.7 Å². The smallest absolute Gasteiger partial charge is 0.179 e. The number of benzene rings is 2. The van der Waals surface area contributed by atoms with E-state index in [-0.39, 0.29) is 0 Å². The van der Waals surface area contributed by atoms with Gasteiger partial charge in [0.1, 0.15) is 0 Å². The van der Waals surface area contributed by atoms with Crippen LogP contribution in [0.4, 0.5) is 0 Å². The van der Waals surface area contributed by atoms with Crippen molar-refractivity contribution in [1.29, 1.82) is 0 Å². The summed E-state index contributed by atoms with van der Waals surface area (Å²) >= 11 is 12.3. The Morgan fingerprint density at radius 2 is 1.84 bits per heavy atom. The number of pyridine rings is 1. The number of rotatable bonds is 5. The van der Waals surface area contributed by atoms with Crippen LogP contribution in [-0.4, -0.2) is 18.7 Å². The lowest BCUT2D eigenvalue weighted by molar-refractivity contribution is 0.311. The van der Waals surface area contributed by atoms with Gasteiger partial charge in [-0.25, -0.2) is 4.98 Å². The Bertz CT molecular complexity index is 938. The minimum Gasteiger partial charge on any atom is -0.491 e. The molecule has 128 valence electrons. The molecule has 0 aliphatic rings. The number of methoxy groups -OCH3 is 1. The zero-order chi connectivity index (χ0) is 17.8. The molecular formula is C20H17Cl2NO2. The van der Waals surface area contributed by atoms with Crippen molar-refractivity contribution in [2.45, 2.75) is 6.92 Å². The van der Waals surface area contributed by atoms with Gasteiger partial charge in [0, 0.05) is 10.4 Å². The van der Waals surface area contributed by atoms with Crippen molar-refractivity contribution in [3.8, 4) is 11.5 Å². The molecule has 0 spiro atoms. The predicted molar refractivity (Wildman–Crippen MR) is 105 cm³/mol. The maximum atomic E-state index is 6.28. The fourth-order valence-electron chi connectivity index (χ4n) is 2.53. The van der Waals surface area contributed by atoms with E-state index in [1.165, 1.54) is 0 Å². The largest absolute Gasteiger partial charge is 0.491 e. The standard InChI is InChI=1S/C20H17Cl2NO2/c1-3-25-19-11-13(10-17(22)20(19)24-2)4-8-16-9-6-14-5-7-15(21)12-18(14)23-16/h4-12H,3H2,1-2H3/b8-4+. The van der Waals surface area contributed by atoms with E-state index in [2.05, 4.69) is 4.98 Å². The topological polar surface area (TPSA) is 31.4 Å². The summed E-state index contributed by atoms with van der Waals surface area (Å²) in [6.45, 7) is 2.45. The molecular weight excluding hydrogens is 357 g/mol. The molecule has 0 fully saturated rings. The molecule has 1 heterocycles. The van der Waals surface area contributed by atoms with Gasteiger partial charge in [0.25, 0.3) is 0 Å². The first-order valence-corrected chi connectivity index (χ1v) is 8.61. The van der Waals surface area contributed by atoms with Crippen molar-refractivity contribution < 1.29 is 9.47 Å². The van der Waals surface area contributed by atoms with Crippen LogP contribution >= 0.6 is 23.2 Å². The number of hydrogen-bond acceptors (Lipinski definition) is 3. The molecule has 0 unspecified atom stereocenters. The number of ether oxygens (including phenoxy) is 2. The van der Waals surface area contributed by atoms with E-state index in [1.54, 1.807) is 7.11 Å². The van der Waals surface area contributed by atoms with Crippen LogP contribution in [0.15, 0.2) is 42.5 Å². The lowest BCUT2D eigenvalue weighted by atomic mass is 10.1. The average molecular weight is 374 g/mol. The van der Waals surface area contributed by atoms with Crippen LogP contribution in [0.1, 0.15) is 18.2 Å². The summed E-state index contributed by atoms with van der Waals surface area (Å²) in [4.78, 5) is 4.61. The molecule has 3 rings (SSSR count). The Hall–Kier alpha value is -2.23. The van der Waals surface area contributed by atoms with E-state index in [4.69, 9.17) is 32.7 Å². The van der Waals surface area contributed by atoms with Crippen LogP contribution in [-0.2, 0) is 0 Å². The highest BCUT2D eigenvalue weighted by Gasteiger charge is 2.10. The molecule has 0 radical (unpaired) electrons. The second-order valence-electron chi connectivity index (χ2n) is 5.37. The first kappa shape index (κ1) is 17.6. The van der Waals surface area contributed by atoms with Gasteiger partial charge in [0.2, 0.25) is 0 Å². The van der Waals surface area contributed by atoms with Crippen molar-refractivity contribution in [2.24, 2.45) is 0 Å². The molecule has 0 N–H and O–H groups in total. The minimum atomic E-state index is 0.506. The molecule has 0 saturated heterocycles. The molecule has 3 nitrogen and oxygen atoms in total. The first-order valence-electron chi connectivity index (χ1n) is 7.85. The van der Waals surface area contributed by atoms with Crippen LogP contribution in [0, 0.1) is 0 Å². The fourth-order valence-corrected chi connectivity index (χ4v) is 2.99. The Morgan fingerprint density at radius 1 is 1.04 bits per heavy atom. The van der Waals surface area contributed by atoms with Crippen LogP contribution in [0.5, 0.6) is 11.5 Å². The second kappa shape index (κ2) is 7.77. The summed E-state index contributed by atoms with van der Waals surface area (Å²) < 4.78 is 10.9. The van der Waals surface area contributed by atoms with Crippen LogP contribution < -0.4 is 9.47 Å². The Balaban J connectivity index is 1.93. The fraction of sp³-hybridized carbons (Fsp3) is 0.150. The number of nitrogens with zero attached hydrogens (tertiary/aromatic N) is 1. The highest BCUT2D eigenvalue weighted by Crippen LogP contribution is 2.36. The van der Waals surface area contributed by atoms with E-state index in [1.807, 2.05) is 61.5 Å². The molecule has 0 aliphatic heterocycles. The van der Waals surface area contributed by atoms with E-state index >= 15 is 0 Å². The van der Waals surface area contributed by atoms with Crippen molar-refractivity contribution in [1.82, 2.24) is 4.98 Å². The number of fused-ring (bicyclic) bond motifs is 1. The third-order valence-electron chi connectivity index (χ3n) is 3.66. The summed E-state index contributed by atoms with van der Waals surface area (Å²) in [6.07, 6.45) is 3.86. The zero-order valence-corrected chi connectivity index (χ0v) is 15.4. The van der Waals surface area contributed by atoms with Gasteiger partial charge >= 0.3 is 0 Å². The molecule has 0 aliphatic carbocycles. The zero-order valence-electron chi connectivity index (χ0n) is 13.9. The SMILES string of the molecule is CCOc1cc(/C=C/c2ccc3ccc(Cl)cc3n2)cc(Cl)c1OC. The van der Waals surface area contributed by atoms with Crippen molar-refractivity contribution in [3.63, 3.8) is 0 Å². The third-order valence-corrected chi connectivity index (χ3v) is 4.17. The van der Waals surface area contributed by atoms with Crippen molar-refractivity contribution in [3.05, 3.63) is 63.8 Å². The van der Waals surface area contributed by atoms with Gasteiger partial charge in [-0.2, -0.15) is 0 Å². The first-order chi connectivity index (χ1) is 12.1. The van der Waals surface area contributed by atoms with Gasteiger partial charge in [-0.1, -0.05) is 41.4 Å². The summed E-state index contributed by atoms with van der Waals surface area (Å²) in [7, 11) is 1.57. The minimum absolute atomic E-state index is 0.506. The number of aromatic nitrogens is 1. The summed E-state index contributed by atoms with van der Waals surface area (Å²) in [5.74, 6) is 1.16. The summed E-state index contributed by atoms with van der Waals surface area (Å²) in [5.41, 5.74) is 2.60. The molecule has 5 heteroatoms. The quantitative estimate of drug-likeness (QED) is 0.539. The van der Waals surface area contributed by atoms with Crippen LogP contribution in [0.3, 0.4) is 0 Å². The molecule has 25 heavy (non-hydrogen) atoms. The molecule has 0 amide bonds. The van der Waals surface area contributed by atoms with E-state index < -0.39 is 0 Å². The molecule has 0 saturated carbocycles. The van der Waals surface area contributed by atoms with E-state index in [0.29, 0.717) is 28.2 Å². The Kier molecular flexibility index (Phi) is 5.47. The highest BCUT2D eigenvalue weighted by molar-refractivity contribution is 6.32. The third kappa shape index (κ3) is 4.06. The maximum Gasteiger partial charge on any atom is 0.179 e. The van der Waals surface area contributed by atoms with Gasteiger partial charge in [-0.15, -0.1) is 0 Å². The Morgan fingerprint density at radius 3 is 2.60 bits per heavy atom. The molecule has 0 atom stereocenters. The molecule has 2 aromatic carbocycles. The van der Waals surface area contributed by atoms with Gasteiger partial charge in [0.15, 0.2) is 11.5 Å². The average Bonchev–Trinajstić information content (AvgIpc) is 2.59. The second-order valence-corrected chi connectivity index (χ2v) is 6.22. The van der Waals surface area contributed by atoms with Gasteiger partial charge in [-0.05, 0) is 48.9 Å². The summed E-state index contributed by atoms with van der Waals surface area (Å²) in [5, 5.41) is 2.23. The predicted octanol–water partition coefficient (Wildman–Crippen LogP) is 6.12. The number of hydrogen-bond donors (Lipinski definition) is 0. The van der Waals surface area contributed by atoms with Crippen LogP contribution in [0.25, 0.3) is 23.1 Å². The molecule has 0 bridgehead atoms. The van der Waals surface area contributed by atoms with E-state index in [9.17, 15) is 0 Å². The normalized spacial score (nSPS) is 11.2. The van der Waals surface area contributed by atoms with E-state index in [0.717, 1.165) is 22.2 Å². The summed E-state index contributed by atoms with van der Waals surface area (Å²) in [6, 6.07) is 13.4. The van der Waals surface area contributed by atoms with Crippen molar-refractivity contribution >= 4 is 46.3 Å². The maximum absolute atomic E-state index is 6.28. The lowest BCUT2D eigenvalue weighted by Crippen LogP contribution is -1.96. The van der Waals surface area contributed by atoms with Gasteiger partial charge in [0.05, 0.1) is 29.9 Å². The lowest BCUT2D eigenvalue weighted by Gasteiger charge is -2.11. The van der Waals surface area contributed by atoms with Gasteiger partial charge in [-0.3, -0.25) is 0 Å². The molecule has 3 aromatic rings. The van der Waals surface area contributed by atoms with Gasteiger partial charge < -0.3 is 9.47 Å². The highest BCUT2D eigenvalue weighted by atomic mass is 35.5. The monoisotopic (exact) mass is 373 g/mol. The number of halogens is 2. The molecule has 1 aromatic heterocycles.